The zero-order chi connectivity index (χ0) is 9.10. The molecular formula is C10H20N2O. The molecule has 0 aliphatic carbocycles. The lowest BCUT2D eigenvalue weighted by Crippen LogP contribution is -2.50. The van der Waals surface area contributed by atoms with Gasteiger partial charge in [0, 0.05) is 32.8 Å². The highest BCUT2D eigenvalue weighted by atomic mass is 16.5. The van der Waals surface area contributed by atoms with Crippen molar-refractivity contribution in [3.63, 3.8) is 0 Å². The topological polar surface area (TPSA) is 15.7 Å². The Balaban J connectivity index is 1.79. The van der Waals surface area contributed by atoms with Gasteiger partial charge in [0.1, 0.15) is 6.23 Å². The maximum Gasteiger partial charge on any atom is 0.110 e. The van der Waals surface area contributed by atoms with Crippen molar-refractivity contribution in [1.82, 2.24) is 9.80 Å². The van der Waals surface area contributed by atoms with Gasteiger partial charge in [0.2, 0.25) is 0 Å². The number of likely N-dealkylation sites (N-methyl/N-ethyl adjacent to an activating group) is 1. The van der Waals surface area contributed by atoms with Crippen LogP contribution in [0.3, 0.4) is 0 Å². The minimum absolute atomic E-state index is 0.433. The first-order valence-electron chi connectivity index (χ1n) is 5.40. The highest BCUT2D eigenvalue weighted by Crippen LogP contribution is 2.17. The molecule has 2 rings (SSSR count). The zero-order valence-corrected chi connectivity index (χ0v) is 8.54. The average molecular weight is 184 g/mol. The van der Waals surface area contributed by atoms with Crippen molar-refractivity contribution in [2.75, 3.05) is 39.8 Å². The van der Waals surface area contributed by atoms with Gasteiger partial charge in [0.05, 0.1) is 0 Å². The number of ether oxygens (including phenoxy) is 1. The molecule has 0 unspecified atom stereocenters. The highest BCUT2D eigenvalue weighted by Gasteiger charge is 2.24. The molecule has 0 amide bonds. The van der Waals surface area contributed by atoms with Gasteiger partial charge in [0.25, 0.3) is 0 Å². The first-order chi connectivity index (χ1) is 6.36. The third-order valence-corrected chi connectivity index (χ3v) is 3.10. The summed E-state index contributed by atoms with van der Waals surface area (Å²) in [6.45, 7) is 5.72. The molecule has 0 aromatic carbocycles. The summed E-state index contributed by atoms with van der Waals surface area (Å²) in [6.07, 6.45) is 4.27. The van der Waals surface area contributed by atoms with Gasteiger partial charge >= 0.3 is 0 Å². The Morgan fingerprint density at radius 2 is 1.85 bits per heavy atom. The fraction of sp³-hybridized carbons (Fsp3) is 1.00. The van der Waals surface area contributed by atoms with Crippen LogP contribution in [0.1, 0.15) is 19.3 Å². The first kappa shape index (κ1) is 9.44. The van der Waals surface area contributed by atoms with Crippen LogP contribution in [0.2, 0.25) is 0 Å². The van der Waals surface area contributed by atoms with Crippen LogP contribution >= 0.6 is 0 Å². The van der Waals surface area contributed by atoms with Gasteiger partial charge in [-0.05, 0) is 26.3 Å². The molecule has 2 aliphatic rings. The fourth-order valence-electron chi connectivity index (χ4n) is 2.12. The summed E-state index contributed by atoms with van der Waals surface area (Å²) in [5, 5.41) is 0. The fourth-order valence-corrected chi connectivity index (χ4v) is 2.12. The summed E-state index contributed by atoms with van der Waals surface area (Å²) in [6, 6.07) is 0. The largest absolute Gasteiger partial charge is 0.363 e. The molecule has 0 spiro atoms. The number of nitrogens with zero attached hydrogens (tertiary/aromatic N) is 2. The van der Waals surface area contributed by atoms with Gasteiger partial charge in [-0.1, -0.05) is 0 Å². The summed E-state index contributed by atoms with van der Waals surface area (Å²) in [5.41, 5.74) is 0. The van der Waals surface area contributed by atoms with Crippen LogP contribution in [0.5, 0.6) is 0 Å². The van der Waals surface area contributed by atoms with E-state index in [1.165, 1.54) is 45.4 Å². The van der Waals surface area contributed by atoms with E-state index in [1.807, 2.05) is 0 Å². The van der Waals surface area contributed by atoms with E-state index in [-0.39, 0.29) is 0 Å². The summed E-state index contributed by atoms with van der Waals surface area (Å²) in [5.74, 6) is 0. The second-order valence-corrected chi connectivity index (χ2v) is 4.16. The quantitative estimate of drug-likeness (QED) is 0.598. The SMILES string of the molecule is CN1CCN([C@H]2CCCCO2)CC1. The van der Waals surface area contributed by atoms with Crippen molar-refractivity contribution in [1.29, 1.82) is 0 Å². The molecule has 0 aromatic rings. The minimum atomic E-state index is 0.433. The van der Waals surface area contributed by atoms with Crippen LogP contribution in [0, 0.1) is 0 Å². The maximum absolute atomic E-state index is 5.76. The van der Waals surface area contributed by atoms with E-state index in [4.69, 9.17) is 4.74 Å². The number of rotatable bonds is 1. The van der Waals surface area contributed by atoms with Gasteiger partial charge in [0.15, 0.2) is 0 Å². The van der Waals surface area contributed by atoms with Crippen molar-refractivity contribution >= 4 is 0 Å². The molecule has 2 aliphatic heterocycles. The monoisotopic (exact) mass is 184 g/mol. The standard InChI is InChI=1S/C10H20N2O/c1-11-5-7-12(8-6-11)10-4-2-3-9-13-10/h10H,2-9H2,1H3/t10-/m1/s1. The number of hydrogen-bond donors (Lipinski definition) is 0. The molecule has 0 saturated carbocycles. The average Bonchev–Trinajstić information content (AvgIpc) is 2.20. The van der Waals surface area contributed by atoms with Gasteiger partial charge in [-0.15, -0.1) is 0 Å². The third kappa shape index (κ3) is 2.42. The molecule has 1 atom stereocenters. The normalized spacial score (nSPS) is 33.5. The molecular weight excluding hydrogens is 164 g/mol. The van der Waals surface area contributed by atoms with Gasteiger partial charge in [-0.3, -0.25) is 4.90 Å². The van der Waals surface area contributed by atoms with E-state index in [1.54, 1.807) is 0 Å². The van der Waals surface area contributed by atoms with Crippen molar-refractivity contribution in [3.05, 3.63) is 0 Å². The predicted octanol–water partition coefficient (Wildman–Crippen LogP) is 0.760. The van der Waals surface area contributed by atoms with Gasteiger partial charge in [-0.2, -0.15) is 0 Å². The van der Waals surface area contributed by atoms with E-state index < -0.39 is 0 Å². The van der Waals surface area contributed by atoms with E-state index in [0.717, 1.165) is 6.61 Å². The number of hydrogen-bond acceptors (Lipinski definition) is 3. The van der Waals surface area contributed by atoms with E-state index in [0.29, 0.717) is 6.23 Å². The van der Waals surface area contributed by atoms with Crippen molar-refractivity contribution in [2.24, 2.45) is 0 Å². The van der Waals surface area contributed by atoms with Crippen LogP contribution in [-0.4, -0.2) is 55.9 Å². The van der Waals surface area contributed by atoms with Crippen molar-refractivity contribution in [3.8, 4) is 0 Å². The maximum atomic E-state index is 5.76. The summed E-state index contributed by atoms with van der Waals surface area (Å²) < 4.78 is 5.76. The predicted molar refractivity (Wildman–Crippen MR) is 52.7 cm³/mol. The van der Waals surface area contributed by atoms with Crippen molar-refractivity contribution in [2.45, 2.75) is 25.5 Å². The van der Waals surface area contributed by atoms with E-state index in [9.17, 15) is 0 Å². The molecule has 2 fully saturated rings. The summed E-state index contributed by atoms with van der Waals surface area (Å²) in [7, 11) is 2.19. The number of piperazine rings is 1. The van der Waals surface area contributed by atoms with Crippen LogP contribution in [0.25, 0.3) is 0 Å². The lowest BCUT2D eigenvalue weighted by molar-refractivity contribution is -0.0973. The first-order valence-corrected chi connectivity index (χ1v) is 5.40. The zero-order valence-electron chi connectivity index (χ0n) is 8.54. The molecule has 2 saturated heterocycles. The Labute approximate surface area is 80.6 Å². The van der Waals surface area contributed by atoms with Gasteiger partial charge < -0.3 is 9.64 Å². The van der Waals surface area contributed by atoms with Crippen molar-refractivity contribution < 1.29 is 4.74 Å². The molecule has 3 nitrogen and oxygen atoms in total. The van der Waals surface area contributed by atoms with E-state index >= 15 is 0 Å². The Hall–Kier alpha value is -0.120. The highest BCUT2D eigenvalue weighted by molar-refractivity contribution is 4.73. The van der Waals surface area contributed by atoms with Crippen LogP contribution in [0.15, 0.2) is 0 Å². The molecule has 2 heterocycles. The molecule has 13 heavy (non-hydrogen) atoms. The minimum Gasteiger partial charge on any atom is -0.363 e. The Morgan fingerprint density at radius 1 is 1.08 bits per heavy atom. The smallest absolute Gasteiger partial charge is 0.110 e. The third-order valence-electron chi connectivity index (χ3n) is 3.10. The molecule has 0 aromatic heterocycles. The van der Waals surface area contributed by atoms with Gasteiger partial charge in [-0.25, -0.2) is 0 Å². The van der Waals surface area contributed by atoms with Crippen LogP contribution < -0.4 is 0 Å². The van der Waals surface area contributed by atoms with Crippen LogP contribution in [-0.2, 0) is 4.74 Å². The second-order valence-electron chi connectivity index (χ2n) is 4.16. The lowest BCUT2D eigenvalue weighted by Gasteiger charge is -2.39. The molecule has 76 valence electrons. The Kier molecular flexibility index (Phi) is 3.19. The molecule has 0 radical (unpaired) electrons. The Morgan fingerprint density at radius 3 is 2.46 bits per heavy atom. The molecule has 0 bridgehead atoms. The Bertz CT molecular complexity index is 149. The summed E-state index contributed by atoms with van der Waals surface area (Å²) >= 11 is 0. The van der Waals surface area contributed by atoms with E-state index in [2.05, 4.69) is 16.8 Å². The lowest BCUT2D eigenvalue weighted by atomic mass is 10.1. The van der Waals surface area contributed by atoms with Crippen LogP contribution in [0.4, 0.5) is 0 Å². The summed E-state index contributed by atoms with van der Waals surface area (Å²) in [4.78, 5) is 4.89. The second kappa shape index (κ2) is 4.40. The molecule has 3 heteroatoms. The molecule has 0 N–H and O–H groups in total.